The molecule has 0 saturated carbocycles. The van der Waals surface area contributed by atoms with Crippen LogP contribution in [0.3, 0.4) is 0 Å². The lowest BCUT2D eigenvalue weighted by Gasteiger charge is -2.30. The SMILES string of the molecule is CC(C)OP(=O)([O-])[O-].CC1=[N+](C)CC(C)N1C.CC1=[N+](C)CC(C)N1C. The van der Waals surface area contributed by atoms with Gasteiger partial charge in [0.05, 0.1) is 42.1 Å². The third kappa shape index (κ3) is 8.62. The number of hydrogen-bond acceptors (Lipinski definition) is 6. The van der Waals surface area contributed by atoms with Gasteiger partial charge in [-0.05, 0) is 27.7 Å². The minimum Gasteiger partial charge on any atom is -0.790 e. The van der Waals surface area contributed by atoms with Crippen molar-refractivity contribution in [3.63, 3.8) is 0 Å². The first kappa shape index (κ1) is 25.1. The van der Waals surface area contributed by atoms with Gasteiger partial charge in [0.25, 0.3) is 0 Å². The van der Waals surface area contributed by atoms with Crippen LogP contribution in [0, 0.1) is 0 Å². The van der Waals surface area contributed by atoms with Gasteiger partial charge in [0, 0.05) is 13.8 Å². The molecule has 8 nitrogen and oxygen atoms in total. The molecule has 26 heavy (non-hydrogen) atoms. The van der Waals surface area contributed by atoms with Crippen LogP contribution in [0.25, 0.3) is 0 Å². The summed E-state index contributed by atoms with van der Waals surface area (Å²) in [6.07, 6.45) is -0.546. The van der Waals surface area contributed by atoms with E-state index in [0.29, 0.717) is 12.1 Å². The highest BCUT2D eigenvalue weighted by atomic mass is 31.2. The van der Waals surface area contributed by atoms with Crippen LogP contribution in [0.4, 0.5) is 0 Å². The minimum absolute atomic E-state index is 0.546. The van der Waals surface area contributed by atoms with Crippen molar-refractivity contribution < 1.29 is 28.0 Å². The molecule has 0 amide bonds. The van der Waals surface area contributed by atoms with E-state index >= 15 is 0 Å². The van der Waals surface area contributed by atoms with Crippen LogP contribution in [0.15, 0.2) is 0 Å². The Kier molecular flexibility index (Phi) is 10.0. The Balaban J connectivity index is 0.000000362. The Bertz CT molecular complexity index is 535. The van der Waals surface area contributed by atoms with E-state index in [0.717, 1.165) is 0 Å². The molecule has 154 valence electrons. The monoisotopic (exact) mass is 392 g/mol. The van der Waals surface area contributed by atoms with Crippen LogP contribution < -0.4 is 9.79 Å². The summed E-state index contributed by atoms with van der Waals surface area (Å²) in [7, 11) is 3.83. The summed E-state index contributed by atoms with van der Waals surface area (Å²) >= 11 is 0. The summed E-state index contributed by atoms with van der Waals surface area (Å²) in [4.78, 5) is 24.0. The lowest BCUT2D eigenvalue weighted by molar-refractivity contribution is -0.490. The van der Waals surface area contributed by atoms with E-state index in [4.69, 9.17) is 0 Å². The quantitative estimate of drug-likeness (QED) is 0.486. The van der Waals surface area contributed by atoms with Crippen LogP contribution >= 0.6 is 7.82 Å². The van der Waals surface area contributed by atoms with Gasteiger partial charge in [-0.15, -0.1) is 0 Å². The van der Waals surface area contributed by atoms with Crippen LogP contribution in [0.5, 0.6) is 0 Å². The largest absolute Gasteiger partial charge is 0.790 e. The Hall–Kier alpha value is -0.950. The topological polar surface area (TPSA) is 84.9 Å². The predicted octanol–water partition coefficient (Wildman–Crippen LogP) is 0.00210. The third-order valence-corrected chi connectivity index (χ3v) is 5.54. The molecule has 2 aliphatic heterocycles. The molecule has 0 bridgehead atoms. The highest BCUT2D eigenvalue weighted by Crippen LogP contribution is 2.26. The van der Waals surface area contributed by atoms with Crippen LogP contribution in [0.1, 0.15) is 41.5 Å². The van der Waals surface area contributed by atoms with Crippen molar-refractivity contribution in [3.8, 4) is 0 Å². The number of rotatable bonds is 2. The molecule has 2 unspecified atom stereocenters. The average Bonchev–Trinajstić information content (AvgIpc) is 2.82. The number of nitrogens with zero attached hydrogens (tertiary/aromatic N) is 4. The Morgan fingerprint density at radius 1 is 1.00 bits per heavy atom. The van der Waals surface area contributed by atoms with E-state index in [-0.39, 0.29) is 0 Å². The van der Waals surface area contributed by atoms with Gasteiger partial charge in [0.15, 0.2) is 0 Å². The highest BCUT2D eigenvalue weighted by Gasteiger charge is 2.28. The normalized spacial score (nSPS) is 23.3. The summed E-state index contributed by atoms with van der Waals surface area (Å²) < 4.78 is 18.1. The van der Waals surface area contributed by atoms with E-state index in [1.807, 2.05) is 0 Å². The summed E-state index contributed by atoms with van der Waals surface area (Å²) in [5, 5.41) is 0. The smallest absolute Gasteiger partial charge is 0.243 e. The molecule has 0 spiro atoms. The van der Waals surface area contributed by atoms with Gasteiger partial charge in [0.1, 0.15) is 25.2 Å². The summed E-state index contributed by atoms with van der Waals surface area (Å²) in [5.41, 5.74) is 0. The molecule has 0 radical (unpaired) electrons. The van der Waals surface area contributed by atoms with Crippen molar-refractivity contribution in [2.75, 3.05) is 41.3 Å². The highest BCUT2D eigenvalue weighted by molar-refractivity contribution is 7.43. The molecule has 0 N–H and O–H groups in total. The Morgan fingerprint density at radius 2 is 1.31 bits per heavy atom. The standard InChI is InChI=1S/2C7H15N2.C3H9O4P/c2*1-6-5-8(3)7(2)9(6)4;1-3(2)7-8(4,5)6/h2*6H,5H2,1-4H3;3H,1-2H3,(H2,4,5,6)/q2*+1;/p-2. The zero-order chi connectivity index (χ0) is 20.8. The molecule has 0 aromatic heterocycles. The molecule has 0 fully saturated rings. The minimum atomic E-state index is -4.72. The fourth-order valence-electron chi connectivity index (χ4n) is 2.74. The zero-order valence-electron chi connectivity index (χ0n) is 18.0. The lowest BCUT2D eigenvalue weighted by Crippen LogP contribution is -2.28. The second-order valence-corrected chi connectivity index (χ2v) is 8.48. The Morgan fingerprint density at radius 3 is 1.35 bits per heavy atom. The molecular weight excluding hydrogens is 355 g/mol. The molecule has 0 aromatic rings. The maximum atomic E-state index is 9.69. The van der Waals surface area contributed by atoms with Crippen molar-refractivity contribution in [2.24, 2.45) is 0 Å². The second-order valence-electron chi connectivity index (χ2n) is 7.38. The third-order valence-electron chi connectivity index (χ3n) is 4.86. The number of likely N-dealkylation sites (N-methyl/N-ethyl adjacent to an activating group) is 4. The van der Waals surface area contributed by atoms with Gasteiger partial charge in [-0.1, -0.05) is 0 Å². The van der Waals surface area contributed by atoms with Crippen molar-refractivity contribution in [1.82, 2.24) is 9.80 Å². The van der Waals surface area contributed by atoms with Crippen LogP contribution in [-0.2, 0) is 9.09 Å². The zero-order valence-corrected chi connectivity index (χ0v) is 18.9. The first-order valence-corrected chi connectivity index (χ1v) is 10.4. The maximum absolute atomic E-state index is 9.69. The van der Waals surface area contributed by atoms with Crippen molar-refractivity contribution in [2.45, 2.75) is 59.7 Å². The molecule has 2 rings (SSSR count). The van der Waals surface area contributed by atoms with Gasteiger partial charge in [-0.3, -0.25) is 19.0 Å². The van der Waals surface area contributed by atoms with Gasteiger partial charge in [0.2, 0.25) is 11.7 Å². The van der Waals surface area contributed by atoms with Gasteiger partial charge in [-0.25, -0.2) is 0 Å². The Labute approximate surface area is 159 Å². The first-order valence-electron chi connectivity index (χ1n) is 8.92. The first-order chi connectivity index (χ1) is 11.7. The van der Waals surface area contributed by atoms with Gasteiger partial charge in [-0.2, -0.15) is 0 Å². The van der Waals surface area contributed by atoms with Crippen molar-refractivity contribution >= 4 is 19.5 Å². The van der Waals surface area contributed by atoms with E-state index in [9.17, 15) is 14.4 Å². The molecular formula is C17H37N4O4P. The fraction of sp³-hybridized carbons (Fsp3) is 0.882. The summed E-state index contributed by atoms with van der Waals surface area (Å²) in [6, 6.07) is 1.38. The van der Waals surface area contributed by atoms with E-state index < -0.39 is 13.9 Å². The van der Waals surface area contributed by atoms with Crippen molar-refractivity contribution in [3.05, 3.63) is 0 Å². The molecule has 2 heterocycles. The van der Waals surface area contributed by atoms with E-state index in [2.05, 4.69) is 79.4 Å². The lowest BCUT2D eigenvalue weighted by atomic mass is 10.3. The van der Waals surface area contributed by atoms with Gasteiger partial charge >= 0.3 is 0 Å². The van der Waals surface area contributed by atoms with E-state index in [1.165, 1.54) is 38.6 Å². The van der Waals surface area contributed by atoms with Crippen LogP contribution in [-0.4, -0.2) is 90.1 Å². The fourth-order valence-corrected chi connectivity index (χ4v) is 3.25. The molecule has 2 atom stereocenters. The molecule has 9 heteroatoms. The molecule has 0 saturated heterocycles. The molecule has 2 aliphatic rings. The number of hydrogen-bond donors (Lipinski definition) is 0. The number of phosphoric ester groups is 1. The average molecular weight is 392 g/mol. The van der Waals surface area contributed by atoms with E-state index in [1.54, 1.807) is 0 Å². The van der Waals surface area contributed by atoms with Crippen LogP contribution in [0.2, 0.25) is 0 Å². The van der Waals surface area contributed by atoms with Crippen molar-refractivity contribution in [1.29, 1.82) is 0 Å². The number of amidine groups is 2. The maximum Gasteiger partial charge on any atom is 0.243 e. The molecule has 0 aliphatic carbocycles. The summed E-state index contributed by atoms with van der Waals surface area (Å²) in [6.45, 7) is 14.1. The number of phosphoric acid groups is 1. The molecule has 0 aromatic carbocycles. The second kappa shape index (κ2) is 10.4. The summed E-state index contributed by atoms with van der Waals surface area (Å²) in [5.74, 6) is 2.75. The predicted molar refractivity (Wildman–Crippen MR) is 102 cm³/mol. The van der Waals surface area contributed by atoms with Gasteiger partial charge < -0.3 is 18.9 Å².